The SMILES string of the molecule is c1ccc(-c2ccc(-c3nc(-c4ccc(-n5c6cc7ccccc7cc6c6cc7ccccc7cc65)c(-c5cccc(-c6ccccc6)c5)c4)nc(-c4cccc5ccccc45)n3)cc2)cc1. The van der Waals surface area contributed by atoms with E-state index >= 15 is 0 Å². The lowest BCUT2D eigenvalue weighted by atomic mass is 9.96. The highest BCUT2D eigenvalue weighted by Crippen LogP contribution is 2.42. The Balaban J connectivity index is 1.07. The molecule has 13 aromatic rings. The maximum absolute atomic E-state index is 5.35. The molecule has 4 heteroatoms. The van der Waals surface area contributed by atoms with Gasteiger partial charge >= 0.3 is 0 Å². The third-order valence-corrected chi connectivity index (χ3v) is 13.2. The molecule has 312 valence electrons. The summed E-state index contributed by atoms with van der Waals surface area (Å²) in [5.74, 6) is 1.85. The van der Waals surface area contributed by atoms with Gasteiger partial charge in [0.05, 0.1) is 16.7 Å². The standard InChI is InChI=1S/C63H40N4/c1-3-15-41(16-4-1)43-29-31-45(32-30-43)61-64-62(66-63(65-61)54-28-14-24-44-19-11-12-27-53(44)54)52-33-34-58(55(38-52)51-26-13-25-46(35-51)42-17-5-2-6-18-42)67-59-39-49-22-9-7-20-47(49)36-56(59)57-37-48-21-8-10-23-50(48)40-60(57)67/h1-40H. The maximum Gasteiger partial charge on any atom is 0.164 e. The second kappa shape index (κ2) is 15.9. The Labute approximate surface area is 387 Å². The summed E-state index contributed by atoms with van der Waals surface area (Å²) in [6.07, 6.45) is 0. The smallest absolute Gasteiger partial charge is 0.164 e. The van der Waals surface area contributed by atoms with E-state index < -0.39 is 0 Å². The number of aromatic nitrogens is 4. The predicted octanol–water partition coefficient (Wildman–Crippen LogP) is 16.4. The Morgan fingerprint density at radius 2 is 0.687 bits per heavy atom. The van der Waals surface area contributed by atoms with E-state index in [1.165, 1.54) is 32.3 Å². The van der Waals surface area contributed by atoms with E-state index in [1.54, 1.807) is 0 Å². The number of nitrogens with zero attached hydrogens (tertiary/aromatic N) is 4. The zero-order valence-electron chi connectivity index (χ0n) is 36.4. The molecule has 0 unspecified atom stereocenters. The molecule has 0 atom stereocenters. The average molecular weight is 853 g/mol. The molecular formula is C63H40N4. The minimum Gasteiger partial charge on any atom is -0.309 e. The van der Waals surface area contributed by atoms with Gasteiger partial charge in [-0.3, -0.25) is 0 Å². The Hall–Kier alpha value is -8.99. The second-order valence-corrected chi connectivity index (χ2v) is 17.2. The summed E-state index contributed by atoms with van der Waals surface area (Å²) in [4.78, 5) is 15.9. The zero-order valence-corrected chi connectivity index (χ0v) is 36.4. The van der Waals surface area contributed by atoms with Gasteiger partial charge in [0.15, 0.2) is 17.5 Å². The molecule has 0 aliphatic rings. The van der Waals surface area contributed by atoms with Crippen LogP contribution in [-0.4, -0.2) is 19.5 Å². The molecule has 0 N–H and O–H groups in total. The van der Waals surface area contributed by atoms with Crippen LogP contribution in [-0.2, 0) is 0 Å². The topological polar surface area (TPSA) is 43.6 Å². The highest BCUT2D eigenvalue weighted by Gasteiger charge is 2.21. The normalized spacial score (nSPS) is 11.6. The van der Waals surface area contributed by atoms with Crippen LogP contribution in [0.25, 0.3) is 127 Å². The van der Waals surface area contributed by atoms with E-state index in [0.717, 1.165) is 77.6 Å². The summed E-state index contributed by atoms with van der Waals surface area (Å²) in [5, 5.41) is 9.48. The number of hydrogen-bond acceptors (Lipinski definition) is 3. The lowest BCUT2D eigenvalue weighted by Crippen LogP contribution is -2.02. The lowest BCUT2D eigenvalue weighted by Gasteiger charge is -2.17. The van der Waals surface area contributed by atoms with Crippen LogP contribution in [0.3, 0.4) is 0 Å². The molecule has 13 rings (SSSR count). The quantitative estimate of drug-likeness (QED) is 0.160. The van der Waals surface area contributed by atoms with Crippen molar-refractivity contribution in [3.63, 3.8) is 0 Å². The highest BCUT2D eigenvalue weighted by molar-refractivity contribution is 6.17. The van der Waals surface area contributed by atoms with Crippen LogP contribution in [0.5, 0.6) is 0 Å². The van der Waals surface area contributed by atoms with Crippen LogP contribution >= 0.6 is 0 Å². The molecule has 4 nitrogen and oxygen atoms in total. The van der Waals surface area contributed by atoms with Gasteiger partial charge in [-0.1, -0.05) is 194 Å². The van der Waals surface area contributed by atoms with Crippen molar-refractivity contribution < 1.29 is 0 Å². The molecular weight excluding hydrogens is 813 g/mol. The Kier molecular flexibility index (Phi) is 9.14. The fraction of sp³-hybridized carbons (Fsp3) is 0. The first kappa shape index (κ1) is 38.5. The van der Waals surface area contributed by atoms with Gasteiger partial charge in [-0.05, 0) is 109 Å². The van der Waals surface area contributed by atoms with Crippen molar-refractivity contribution in [2.45, 2.75) is 0 Å². The summed E-state index contributed by atoms with van der Waals surface area (Å²) in [5.41, 5.74) is 12.9. The number of rotatable bonds is 7. The number of hydrogen-bond donors (Lipinski definition) is 0. The summed E-state index contributed by atoms with van der Waals surface area (Å²) in [6.45, 7) is 0. The van der Waals surface area contributed by atoms with Crippen molar-refractivity contribution >= 4 is 54.1 Å². The van der Waals surface area contributed by atoms with Crippen LogP contribution < -0.4 is 0 Å². The van der Waals surface area contributed by atoms with Gasteiger partial charge in [0.2, 0.25) is 0 Å². The molecule has 0 aliphatic carbocycles. The first-order chi connectivity index (χ1) is 33.2. The largest absolute Gasteiger partial charge is 0.309 e. The van der Waals surface area contributed by atoms with Crippen LogP contribution in [0.1, 0.15) is 0 Å². The molecule has 0 saturated heterocycles. The summed E-state index contributed by atoms with van der Waals surface area (Å²) in [7, 11) is 0. The first-order valence-electron chi connectivity index (χ1n) is 22.8. The molecule has 0 amide bonds. The van der Waals surface area contributed by atoms with Gasteiger partial charge in [-0.15, -0.1) is 0 Å². The Bertz CT molecular complexity index is 3920. The fourth-order valence-electron chi connectivity index (χ4n) is 9.86. The molecule has 0 aliphatic heterocycles. The van der Waals surface area contributed by atoms with Gasteiger partial charge < -0.3 is 4.57 Å². The van der Waals surface area contributed by atoms with E-state index in [2.05, 4.69) is 241 Å². The van der Waals surface area contributed by atoms with Crippen molar-refractivity contribution in [1.82, 2.24) is 19.5 Å². The molecule has 0 spiro atoms. The molecule has 11 aromatic carbocycles. The average Bonchev–Trinajstić information content (AvgIpc) is 3.70. The number of benzene rings is 11. The zero-order chi connectivity index (χ0) is 44.3. The third kappa shape index (κ3) is 6.82. The molecule has 0 fully saturated rings. The fourth-order valence-corrected chi connectivity index (χ4v) is 9.86. The van der Waals surface area contributed by atoms with E-state index in [-0.39, 0.29) is 0 Å². The lowest BCUT2D eigenvalue weighted by molar-refractivity contribution is 1.07. The molecule has 0 saturated carbocycles. The summed E-state index contributed by atoms with van der Waals surface area (Å²) < 4.78 is 2.46. The van der Waals surface area contributed by atoms with Crippen LogP contribution in [0.4, 0.5) is 0 Å². The van der Waals surface area contributed by atoms with Crippen molar-refractivity contribution in [1.29, 1.82) is 0 Å². The van der Waals surface area contributed by atoms with E-state index in [1.807, 2.05) is 6.07 Å². The predicted molar refractivity (Wildman–Crippen MR) is 279 cm³/mol. The Morgan fingerprint density at radius 3 is 1.34 bits per heavy atom. The van der Waals surface area contributed by atoms with E-state index in [4.69, 9.17) is 15.0 Å². The van der Waals surface area contributed by atoms with Gasteiger partial charge in [0.1, 0.15) is 0 Å². The molecule has 2 heterocycles. The van der Waals surface area contributed by atoms with Crippen molar-refractivity contribution in [2.75, 3.05) is 0 Å². The van der Waals surface area contributed by atoms with Crippen LogP contribution in [0, 0.1) is 0 Å². The summed E-state index contributed by atoms with van der Waals surface area (Å²) in [6, 6.07) is 86.7. The van der Waals surface area contributed by atoms with Crippen molar-refractivity contribution in [3.05, 3.63) is 243 Å². The van der Waals surface area contributed by atoms with Crippen molar-refractivity contribution in [2.24, 2.45) is 0 Å². The highest BCUT2D eigenvalue weighted by atomic mass is 15.0. The maximum atomic E-state index is 5.35. The van der Waals surface area contributed by atoms with Gasteiger partial charge in [0, 0.05) is 33.0 Å². The minimum absolute atomic E-state index is 0.603. The van der Waals surface area contributed by atoms with E-state index in [9.17, 15) is 0 Å². The Morgan fingerprint density at radius 1 is 0.239 bits per heavy atom. The molecule has 0 radical (unpaired) electrons. The van der Waals surface area contributed by atoms with Gasteiger partial charge in [0.25, 0.3) is 0 Å². The first-order valence-corrected chi connectivity index (χ1v) is 22.8. The van der Waals surface area contributed by atoms with Crippen LogP contribution in [0.15, 0.2) is 243 Å². The van der Waals surface area contributed by atoms with Crippen molar-refractivity contribution in [3.8, 4) is 73.2 Å². The molecule has 2 aromatic heterocycles. The van der Waals surface area contributed by atoms with Gasteiger partial charge in [-0.2, -0.15) is 0 Å². The third-order valence-electron chi connectivity index (χ3n) is 13.2. The minimum atomic E-state index is 0.603. The van der Waals surface area contributed by atoms with E-state index in [0.29, 0.717) is 17.5 Å². The second-order valence-electron chi connectivity index (χ2n) is 17.2. The molecule has 67 heavy (non-hydrogen) atoms. The monoisotopic (exact) mass is 852 g/mol. The molecule has 0 bridgehead atoms. The summed E-state index contributed by atoms with van der Waals surface area (Å²) >= 11 is 0. The van der Waals surface area contributed by atoms with Crippen LogP contribution in [0.2, 0.25) is 0 Å². The number of fused-ring (bicyclic) bond motifs is 6. The van der Waals surface area contributed by atoms with Gasteiger partial charge in [-0.25, -0.2) is 15.0 Å².